The van der Waals surface area contributed by atoms with Gasteiger partial charge in [0, 0.05) is 17.4 Å². The topological polar surface area (TPSA) is 4.41 Å². The molecule has 11 heavy (non-hydrogen) atoms. The van der Waals surface area contributed by atoms with Crippen molar-refractivity contribution in [1.82, 2.24) is 4.40 Å². The predicted octanol–water partition coefficient (Wildman–Crippen LogP) is 2.50. The average molecular weight is 145 g/mol. The summed E-state index contributed by atoms with van der Waals surface area (Å²) in [5.74, 6) is 0. The van der Waals surface area contributed by atoms with Gasteiger partial charge in [-0.05, 0) is 30.7 Å². The molecule has 0 N–H and O–H groups in total. The van der Waals surface area contributed by atoms with Crippen LogP contribution in [0.15, 0.2) is 36.5 Å². The van der Waals surface area contributed by atoms with Gasteiger partial charge in [0.05, 0.1) is 0 Å². The first-order valence-electron chi connectivity index (χ1n) is 3.97. The largest absolute Gasteiger partial charge is 0.321 e. The molecule has 0 amide bonds. The highest BCUT2D eigenvalue weighted by Gasteiger charge is 1.95. The molecule has 2 aromatic rings. The molecule has 2 heterocycles. The van der Waals surface area contributed by atoms with Gasteiger partial charge in [-0.1, -0.05) is 13.0 Å². The quantitative estimate of drug-likeness (QED) is 0.580. The van der Waals surface area contributed by atoms with Crippen LogP contribution in [0, 0.1) is 0 Å². The minimum Gasteiger partial charge on any atom is -0.321 e. The van der Waals surface area contributed by atoms with Crippen LogP contribution in [0.3, 0.4) is 0 Å². The Hall–Kier alpha value is -1.24. The van der Waals surface area contributed by atoms with Gasteiger partial charge in [-0.3, -0.25) is 0 Å². The third-order valence-corrected chi connectivity index (χ3v) is 2.01. The maximum Gasteiger partial charge on any atom is 0.0452 e. The Morgan fingerprint density at radius 1 is 1.18 bits per heavy atom. The second kappa shape index (κ2) is 2.42. The minimum absolute atomic E-state index is 1.10. The number of nitrogens with zero attached hydrogens (tertiary/aromatic N) is 1. The lowest BCUT2D eigenvalue weighted by atomic mass is 10.3. The maximum absolute atomic E-state index is 2.22. The normalized spacial score (nSPS) is 10.6. The second-order valence-corrected chi connectivity index (χ2v) is 2.67. The van der Waals surface area contributed by atoms with Crippen LogP contribution in [-0.2, 0) is 6.42 Å². The van der Waals surface area contributed by atoms with Crippen LogP contribution >= 0.6 is 0 Å². The van der Waals surface area contributed by atoms with E-state index in [9.17, 15) is 0 Å². The van der Waals surface area contributed by atoms with E-state index >= 15 is 0 Å². The van der Waals surface area contributed by atoms with E-state index in [2.05, 4.69) is 47.9 Å². The number of aryl methyl sites for hydroxylation is 1. The zero-order valence-corrected chi connectivity index (χ0v) is 6.62. The van der Waals surface area contributed by atoms with Crippen molar-refractivity contribution in [2.45, 2.75) is 13.3 Å². The van der Waals surface area contributed by atoms with Crippen molar-refractivity contribution < 1.29 is 0 Å². The molecule has 0 fully saturated rings. The van der Waals surface area contributed by atoms with Crippen molar-refractivity contribution in [2.24, 2.45) is 0 Å². The third kappa shape index (κ3) is 0.929. The lowest BCUT2D eigenvalue weighted by Gasteiger charge is -1.97. The number of aromatic nitrogens is 1. The lowest BCUT2D eigenvalue weighted by molar-refractivity contribution is 0.995. The van der Waals surface area contributed by atoms with Gasteiger partial charge in [0.1, 0.15) is 0 Å². The molecule has 0 unspecified atom stereocenters. The summed E-state index contributed by atoms with van der Waals surface area (Å²) in [5.41, 5.74) is 2.66. The van der Waals surface area contributed by atoms with E-state index in [0.717, 1.165) is 6.42 Å². The first-order chi connectivity index (χ1) is 5.42. The van der Waals surface area contributed by atoms with E-state index < -0.39 is 0 Å². The van der Waals surface area contributed by atoms with Crippen molar-refractivity contribution in [3.05, 3.63) is 42.2 Å². The Bertz CT molecular complexity index is 360. The Balaban J connectivity index is 2.76. The fraction of sp³-hybridized carbons (Fsp3) is 0.200. The lowest BCUT2D eigenvalue weighted by Crippen LogP contribution is -1.87. The summed E-state index contributed by atoms with van der Waals surface area (Å²) in [6, 6.07) is 10.6. The third-order valence-electron chi connectivity index (χ3n) is 2.01. The van der Waals surface area contributed by atoms with E-state index in [1.165, 1.54) is 11.2 Å². The molecule has 2 rings (SSSR count). The van der Waals surface area contributed by atoms with Gasteiger partial charge in [-0.15, -0.1) is 0 Å². The molecule has 0 spiro atoms. The van der Waals surface area contributed by atoms with E-state index in [1.54, 1.807) is 0 Å². The Kier molecular flexibility index (Phi) is 1.42. The fourth-order valence-corrected chi connectivity index (χ4v) is 1.40. The molecule has 1 nitrogen and oxygen atoms in total. The second-order valence-electron chi connectivity index (χ2n) is 2.67. The molecule has 0 aliphatic heterocycles. The monoisotopic (exact) mass is 145 g/mol. The first-order valence-corrected chi connectivity index (χ1v) is 3.97. The van der Waals surface area contributed by atoms with Gasteiger partial charge in [0.25, 0.3) is 0 Å². The van der Waals surface area contributed by atoms with Crippen molar-refractivity contribution >= 4 is 5.52 Å². The summed E-state index contributed by atoms with van der Waals surface area (Å²) < 4.78 is 2.22. The molecule has 1 heteroatoms. The van der Waals surface area contributed by atoms with Crippen molar-refractivity contribution in [2.75, 3.05) is 0 Å². The number of pyridine rings is 1. The molecule has 0 atom stereocenters. The van der Waals surface area contributed by atoms with Crippen LogP contribution in [-0.4, -0.2) is 4.40 Å². The summed E-state index contributed by atoms with van der Waals surface area (Å²) in [4.78, 5) is 0. The number of rotatable bonds is 1. The molecule has 0 saturated carbocycles. The van der Waals surface area contributed by atoms with Gasteiger partial charge in [0.15, 0.2) is 0 Å². The van der Waals surface area contributed by atoms with E-state index in [4.69, 9.17) is 0 Å². The van der Waals surface area contributed by atoms with E-state index in [1.807, 2.05) is 0 Å². The SMILES string of the molecule is CCc1ccc2ccccn12. The highest BCUT2D eigenvalue weighted by atomic mass is 14.9. The average Bonchev–Trinajstić information content (AvgIpc) is 2.47. The summed E-state index contributed by atoms with van der Waals surface area (Å²) in [7, 11) is 0. The summed E-state index contributed by atoms with van der Waals surface area (Å²) in [6.07, 6.45) is 3.20. The standard InChI is InChI=1S/C10H11N/c1-2-9-6-7-10-5-3-4-8-11(9)10/h3-8H,2H2,1H3. The molecule has 0 bridgehead atoms. The maximum atomic E-state index is 2.22. The van der Waals surface area contributed by atoms with Gasteiger partial charge >= 0.3 is 0 Å². The Morgan fingerprint density at radius 2 is 2.09 bits per heavy atom. The highest BCUT2D eigenvalue weighted by molar-refractivity contribution is 5.49. The van der Waals surface area contributed by atoms with Gasteiger partial charge in [-0.2, -0.15) is 0 Å². The van der Waals surface area contributed by atoms with Crippen molar-refractivity contribution in [3.63, 3.8) is 0 Å². The Labute approximate surface area is 66.3 Å². The van der Waals surface area contributed by atoms with E-state index in [0.29, 0.717) is 0 Å². The number of fused-ring (bicyclic) bond motifs is 1. The highest BCUT2D eigenvalue weighted by Crippen LogP contribution is 2.09. The zero-order valence-electron chi connectivity index (χ0n) is 6.62. The van der Waals surface area contributed by atoms with Gasteiger partial charge in [-0.25, -0.2) is 0 Å². The van der Waals surface area contributed by atoms with Crippen LogP contribution in [0.1, 0.15) is 12.6 Å². The molecule has 0 saturated heterocycles. The Morgan fingerprint density at radius 3 is 2.91 bits per heavy atom. The van der Waals surface area contributed by atoms with Gasteiger partial charge in [0.2, 0.25) is 0 Å². The first kappa shape index (κ1) is 6.47. The minimum atomic E-state index is 1.10. The van der Waals surface area contributed by atoms with Crippen LogP contribution in [0.4, 0.5) is 0 Å². The predicted molar refractivity (Wildman–Crippen MR) is 46.8 cm³/mol. The fourth-order valence-electron chi connectivity index (χ4n) is 1.40. The molecule has 0 aliphatic rings. The zero-order chi connectivity index (χ0) is 7.68. The molecule has 0 aliphatic carbocycles. The summed E-state index contributed by atoms with van der Waals surface area (Å²) in [6.45, 7) is 2.18. The molecular weight excluding hydrogens is 134 g/mol. The molecule has 56 valence electrons. The molecule has 2 aromatic heterocycles. The van der Waals surface area contributed by atoms with Crippen LogP contribution in [0.5, 0.6) is 0 Å². The summed E-state index contributed by atoms with van der Waals surface area (Å²) in [5, 5.41) is 0. The van der Waals surface area contributed by atoms with Crippen molar-refractivity contribution in [1.29, 1.82) is 0 Å². The molecular formula is C10H11N. The van der Waals surface area contributed by atoms with Crippen LogP contribution in [0.25, 0.3) is 5.52 Å². The summed E-state index contributed by atoms with van der Waals surface area (Å²) >= 11 is 0. The molecule has 0 aromatic carbocycles. The number of hydrogen-bond donors (Lipinski definition) is 0. The van der Waals surface area contributed by atoms with Gasteiger partial charge < -0.3 is 4.40 Å². The smallest absolute Gasteiger partial charge is 0.0452 e. The van der Waals surface area contributed by atoms with Crippen molar-refractivity contribution in [3.8, 4) is 0 Å². The number of hydrogen-bond acceptors (Lipinski definition) is 0. The van der Waals surface area contributed by atoms with Crippen LogP contribution < -0.4 is 0 Å². The van der Waals surface area contributed by atoms with Crippen LogP contribution in [0.2, 0.25) is 0 Å². The molecule has 0 radical (unpaired) electrons. The van der Waals surface area contributed by atoms with E-state index in [-0.39, 0.29) is 0 Å².